The number of ether oxygens (including phenoxy) is 2. The van der Waals surface area contributed by atoms with E-state index in [-0.39, 0.29) is 35.8 Å². The fourth-order valence-corrected chi connectivity index (χ4v) is 2.97. The van der Waals surface area contributed by atoms with Crippen LogP contribution in [0.5, 0.6) is 5.75 Å². The highest BCUT2D eigenvalue weighted by atomic mass is 16.6. The summed E-state index contributed by atoms with van der Waals surface area (Å²) >= 11 is 0. The maximum absolute atomic E-state index is 12.6. The predicted molar refractivity (Wildman–Crippen MR) is 105 cm³/mol. The van der Waals surface area contributed by atoms with Crippen molar-refractivity contribution in [3.8, 4) is 5.75 Å². The summed E-state index contributed by atoms with van der Waals surface area (Å²) in [4.78, 5) is 23.3. The number of para-hydroxylation sites is 1. The van der Waals surface area contributed by atoms with Gasteiger partial charge in [-0.1, -0.05) is 29.5 Å². The number of aliphatic hydroxyl groups is 1. The van der Waals surface area contributed by atoms with Crippen molar-refractivity contribution in [3.63, 3.8) is 0 Å². The fraction of sp³-hybridized carbons (Fsp3) is 0.250. The van der Waals surface area contributed by atoms with Crippen molar-refractivity contribution in [2.75, 3.05) is 13.7 Å². The lowest BCUT2D eigenvalue weighted by Gasteiger charge is -2.12. The van der Waals surface area contributed by atoms with Crippen LogP contribution in [0.15, 0.2) is 48.5 Å². The zero-order chi connectivity index (χ0) is 21.7. The summed E-state index contributed by atoms with van der Waals surface area (Å²) in [6.07, 6.45) is -1.53. The molecule has 1 unspecified atom stereocenters. The molecule has 3 aromatic rings. The molecule has 0 fully saturated rings. The molecule has 1 heterocycles. The van der Waals surface area contributed by atoms with Crippen molar-refractivity contribution in [3.05, 3.63) is 81.2 Å². The minimum Gasteiger partial charge on any atom is -0.497 e. The molecule has 0 spiro atoms. The number of nitro groups is 1. The minimum absolute atomic E-state index is 0.00421. The van der Waals surface area contributed by atoms with Gasteiger partial charge in [0.15, 0.2) is 5.69 Å². The van der Waals surface area contributed by atoms with Gasteiger partial charge in [0.1, 0.15) is 17.5 Å². The monoisotopic (exact) mass is 412 g/mol. The molecule has 1 aromatic heterocycles. The second kappa shape index (κ2) is 9.14. The number of aromatic nitrogens is 3. The van der Waals surface area contributed by atoms with Gasteiger partial charge in [-0.05, 0) is 30.7 Å². The van der Waals surface area contributed by atoms with E-state index in [1.165, 1.54) is 22.9 Å². The van der Waals surface area contributed by atoms with Crippen molar-refractivity contribution in [2.45, 2.75) is 19.6 Å². The number of hydrogen-bond acceptors (Lipinski definition) is 8. The summed E-state index contributed by atoms with van der Waals surface area (Å²) in [6.45, 7) is 1.93. The third-order valence-electron chi connectivity index (χ3n) is 4.41. The van der Waals surface area contributed by atoms with Gasteiger partial charge in [0, 0.05) is 6.07 Å². The number of aliphatic hydroxyl groups excluding tert-OH is 1. The first-order valence-corrected chi connectivity index (χ1v) is 9.11. The van der Waals surface area contributed by atoms with Gasteiger partial charge in [-0.25, -0.2) is 9.48 Å². The van der Waals surface area contributed by atoms with E-state index in [9.17, 15) is 20.0 Å². The van der Waals surface area contributed by atoms with E-state index in [2.05, 4.69) is 10.3 Å². The van der Waals surface area contributed by atoms with Gasteiger partial charge in [-0.3, -0.25) is 10.1 Å². The van der Waals surface area contributed by atoms with E-state index in [0.717, 1.165) is 5.56 Å². The maximum Gasteiger partial charge on any atom is 0.358 e. The quantitative estimate of drug-likeness (QED) is 0.339. The molecule has 10 heteroatoms. The molecule has 0 radical (unpaired) electrons. The van der Waals surface area contributed by atoms with Crippen LogP contribution < -0.4 is 4.74 Å². The van der Waals surface area contributed by atoms with Gasteiger partial charge in [0.2, 0.25) is 0 Å². The topological polar surface area (TPSA) is 130 Å². The Bertz CT molecular complexity index is 1050. The molecule has 2 aromatic carbocycles. The van der Waals surface area contributed by atoms with Crippen LogP contribution in [0.3, 0.4) is 0 Å². The van der Waals surface area contributed by atoms with Crippen molar-refractivity contribution >= 4 is 11.7 Å². The Kier molecular flexibility index (Phi) is 6.38. The number of benzene rings is 2. The van der Waals surface area contributed by atoms with Crippen LogP contribution in [-0.4, -0.2) is 44.7 Å². The Morgan fingerprint density at radius 3 is 2.57 bits per heavy atom. The Hall–Kier alpha value is -3.79. The van der Waals surface area contributed by atoms with Gasteiger partial charge in [0.25, 0.3) is 5.69 Å². The first kappa shape index (κ1) is 20.9. The van der Waals surface area contributed by atoms with Crippen LogP contribution in [0, 0.1) is 10.1 Å². The van der Waals surface area contributed by atoms with Gasteiger partial charge in [0.05, 0.1) is 30.7 Å². The molecule has 3 rings (SSSR count). The number of rotatable bonds is 8. The first-order chi connectivity index (χ1) is 14.5. The van der Waals surface area contributed by atoms with Gasteiger partial charge >= 0.3 is 5.97 Å². The van der Waals surface area contributed by atoms with Crippen molar-refractivity contribution < 1.29 is 24.3 Å². The van der Waals surface area contributed by atoms with Crippen LogP contribution >= 0.6 is 0 Å². The Labute approximate surface area is 171 Å². The molecule has 0 aliphatic carbocycles. The van der Waals surface area contributed by atoms with E-state index in [0.29, 0.717) is 5.75 Å². The number of nitro benzene ring substituents is 1. The molecule has 0 saturated heterocycles. The third kappa shape index (κ3) is 4.28. The maximum atomic E-state index is 12.6. The number of carbonyl (C=O) groups excluding carboxylic acids is 1. The number of carbonyl (C=O) groups is 1. The Morgan fingerprint density at radius 2 is 1.93 bits per heavy atom. The molecule has 1 atom stereocenters. The van der Waals surface area contributed by atoms with Crippen LogP contribution in [-0.2, 0) is 11.3 Å². The molecular weight excluding hydrogens is 392 g/mol. The highest BCUT2D eigenvalue weighted by molar-refractivity contribution is 5.89. The molecule has 0 aliphatic rings. The molecule has 30 heavy (non-hydrogen) atoms. The summed E-state index contributed by atoms with van der Waals surface area (Å²) in [7, 11) is 1.56. The fourth-order valence-electron chi connectivity index (χ4n) is 2.97. The van der Waals surface area contributed by atoms with Crippen molar-refractivity contribution in [1.29, 1.82) is 0 Å². The molecule has 156 valence electrons. The van der Waals surface area contributed by atoms with E-state index in [1.807, 2.05) is 0 Å². The number of esters is 1. The highest BCUT2D eigenvalue weighted by Gasteiger charge is 2.31. The summed E-state index contributed by atoms with van der Waals surface area (Å²) < 4.78 is 11.5. The molecule has 0 bridgehead atoms. The summed E-state index contributed by atoms with van der Waals surface area (Å²) in [5.41, 5.74) is 0.335. The highest BCUT2D eigenvalue weighted by Crippen LogP contribution is 2.30. The van der Waals surface area contributed by atoms with Gasteiger partial charge in [-0.2, -0.15) is 0 Å². The number of nitrogens with zero attached hydrogens (tertiary/aromatic N) is 4. The summed E-state index contributed by atoms with van der Waals surface area (Å²) in [5, 5.41) is 30.1. The molecular formula is C20H20N4O6. The van der Waals surface area contributed by atoms with Crippen molar-refractivity contribution in [1.82, 2.24) is 15.0 Å². The lowest BCUT2D eigenvalue weighted by atomic mass is 10.0. The predicted octanol–water partition coefficient (Wildman–Crippen LogP) is 2.50. The number of methoxy groups -OCH3 is 1. The lowest BCUT2D eigenvalue weighted by Crippen LogP contribution is -2.17. The largest absolute Gasteiger partial charge is 0.497 e. The zero-order valence-electron chi connectivity index (χ0n) is 16.4. The molecule has 0 amide bonds. The smallest absolute Gasteiger partial charge is 0.358 e. The first-order valence-electron chi connectivity index (χ1n) is 9.11. The summed E-state index contributed by atoms with van der Waals surface area (Å²) in [5.74, 6) is -0.0564. The minimum atomic E-state index is -1.53. The average molecular weight is 412 g/mol. The van der Waals surface area contributed by atoms with E-state index in [1.54, 1.807) is 44.4 Å². The van der Waals surface area contributed by atoms with Gasteiger partial charge < -0.3 is 14.6 Å². The summed E-state index contributed by atoms with van der Waals surface area (Å²) in [6, 6.07) is 12.8. The molecule has 1 N–H and O–H groups in total. The Morgan fingerprint density at radius 1 is 1.23 bits per heavy atom. The standard InChI is InChI=1S/C20H20N4O6/c1-3-30-20(26)18-17(19(25)15-6-4-5-7-16(15)24(27)28)21-22-23(18)12-13-8-10-14(29-2)11-9-13/h4-11,19,25H,3,12H2,1-2H3. The van der Waals surface area contributed by atoms with E-state index >= 15 is 0 Å². The van der Waals surface area contributed by atoms with Crippen LogP contribution in [0.25, 0.3) is 0 Å². The van der Waals surface area contributed by atoms with Crippen LogP contribution in [0.1, 0.15) is 40.3 Å². The Balaban J connectivity index is 2.02. The van der Waals surface area contributed by atoms with Crippen LogP contribution in [0.4, 0.5) is 5.69 Å². The third-order valence-corrected chi connectivity index (χ3v) is 4.41. The zero-order valence-corrected chi connectivity index (χ0v) is 16.4. The lowest BCUT2D eigenvalue weighted by molar-refractivity contribution is -0.386. The SMILES string of the molecule is CCOC(=O)c1c(C(O)c2ccccc2[N+](=O)[O-])nnn1Cc1ccc(OC)cc1. The van der Waals surface area contributed by atoms with Crippen LogP contribution in [0.2, 0.25) is 0 Å². The second-order valence-electron chi connectivity index (χ2n) is 6.27. The van der Waals surface area contributed by atoms with Gasteiger partial charge in [-0.15, -0.1) is 5.10 Å². The number of hydrogen-bond donors (Lipinski definition) is 1. The normalized spacial score (nSPS) is 11.7. The second-order valence-corrected chi connectivity index (χ2v) is 6.27. The van der Waals surface area contributed by atoms with E-state index in [4.69, 9.17) is 9.47 Å². The molecule has 0 saturated carbocycles. The van der Waals surface area contributed by atoms with E-state index < -0.39 is 17.0 Å². The molecule has 10 nitrogen and oxygen atoms in total. The van der Waals surface area contributed by atoms with Crippen molar-refractivity contribution in [2.24, 2.45) is 0 Å². The molecule has 0 aliphatic heterocycles. The average Bonchev–Trinajstić information content (AvgIpc) is 3.17.